The molecule has 0 fully saturated rings. The standard InChI is InChI=1S/C13H22N4O3S/c1-4-8-15-13(18)10(3)17-21(19,20)11-6-7-12(14-5-2)16-9-11/h6-7,9-10,17H,4-5,8H2,1-3H3,(H,14,16)(H,15,18). The highest BCUT2D eigenvalue weighted by molar-refractivity contribution is 7.89. The first-order valence-corrected chi connectivity index (χ1v) is 8.39. The van der Waals surface area contributed by atoms with Crippen molar-refractivity contribution >= 4 is 21.7 Å². The molecular weight excluding hydrogens is 292 g/mol. The SMILES string of the molecule is CCCNC(=O)C(C)NS(=O)(=O)c1ccc(NCC)nc1. The Bertz CT molecular complexity index is 557. The van der Waals surface area contributed by atoms with Gasteiger partial charge in [0, 0.05) is 19.3 Å². The zero-order chi connectivity index (χ0) is 15.9. The van der Waals surface area contributed by atoms with E-state index in [1.165, 1.54) is 19.2 Å². The van der Waals surface area contributed by atoms with Crippen molar-refractivity contribution in [3.8, 4) is 0 Å². The summed E-state index contributed by atoms with van der Waals surface area (Å²) in [5.74, 6) is 0.253. The second-order valence-electron chi connectivity index (χ2n) is 4.54. The van der Waals surface area contributed by atoms with Crippen molar-refractivity contribution in [2.24, 2.45) is 0 Å². The normalized spacial score (nSPS) is 12.7. The van der Waals surface area contributed by atoms with Gasteiger partial charge in [-0.25, -0.2) is 13.4 Å². The van der Waals surface area contributed by atoms with E-state index in [4.69, 9.17) is 0 Å². The fraction of sp³-hybridized carbons (Fsp3) is 0.538. The molecule has 3 N–H and O–H groups in total. The second-order valence-corrected chi connectivity index (χ2v) is 6.26. The van der Waals surface area contributed by atoms with Gasteiger partial charge in [-0.3, -0.25) is 4.79 Å². The smallest absolute Gasteiger partial charge is 0.242 e. The highest BCUT2D eigenvalue weighted by Crippen LogP contribution is 2.11. The summed E-state index contributed by atoms with van der Waals surface area (Å²) in [4.78, 5) is 15.7. The Hall–Kier alpha value is -1.67. The number of aromatic nitrogens is 1. The molecule has 0 aliphatic carbocycles. The Morgan fingerprint density at radius 1 is 1.33 bits per heavy atom. The van der Waals surface area contributed by atoms with E-state index in [0.29, 0.717) is 18.9 Å². The predicted molar refractivity (Wildman–Crippen MR) is 81.5 cm³/mol. The summed E-state index contributed by atoms with van der Waals surface area (Å²) in [7, 11) is -3.76. The molecule has 1 heterocycles. The third-order valence-electron chi connectivity index (χ3n) is 2.68. The van der Waals surface area contributed by atoms with Crippen molar-refractivity contribution in [1.29, 1.82) is 0 Å². The summed E-state index contributed by atoms with van der Waals surface area (Å²) in [6.45, 7) is 6.57. The lowest BCUT2D eigenvalue weighted by molar-refractivity contribution is -0.122. The number of carbonyl (C=O) groups excluding carboxylic acids is 1. The van der Waals surface area contributed by atoms with Crippen molar-refractivity contribution in [3.63, 3.8) is 0 Å². The number of nitrogens with one attached hydrogen (secondary N) is 3. The molecule has 0 aliphatic heterocycles. The molecule has 0 aromatic carbocycles. The maximum Gasteiger partial charge on any atom is 0.242 e. The second kappa shape index (κ2) is 7.94. The fourth-order valence-electron chi connectivity index (χ4n) is 1.58. The minimum absolute atomic E-state index is 0.0271. The van der Waals surface area contributed by atoms with Crippen LogP contribution in [0.25, 0.3) is 0 Å². The first-order valence-electron chi connectivity index (χ1n) is 6.90. The molecule has 0 aliphatic rings. The van der Waals surface area contributed by atoms with Crippen LogP contribution in [0, 0.1) is 0 Å². The number of hydrogen-bond acceptors (Lipinski definition) is 5. The first-order chi connectivity index (χ1) is 9.90. The Balaban J connectivity index is 2.74. The largest absolute Gasteiger partial charge is 0.370 e. The molecule has 1 atom stereocenters. The van der Waals surface area contributed by atoms with Crippen LogP contribution in [-0.2, 0) is 14.8 Å². The molecule has 21 heavy (non-hydrogen) atoms. The van der Waals surface area contributed by atoms with Crippen LogP contribution in [0.15, 0.2) is 23.2 Å². The summed E-state index contributed by atoms with van der Waals surface area (Å²) in [5, 5.41) is 5.62. The van der Waals surface area contributed by atoms with E-state index in [1.54, 1.807) is 6.07 Å². The van der Waals surface area contributed by atoms with Gasteiger partial charge in [0.15, 0.2) is 0 Å². The van der Waals surface area contributed by atoms with Gasteiger partial charge in [0.25, 0.3) is 0 Å². The highest BCUT2D eigenvalue weighted by Gasteiger charge is 2.21. The molecule has 1 aromatic heterocycles. The van der Waals surface area contributed by atoms with Gasteiger partial charge in [0.05, 0.1) is 6.04 Å². The zero-order valence-electron chi connectivity index (χ0n) is 12.5. The Morgan fingerprint density at radius 3 is 2.57 bits per heavy atom. The number of hydrogen-bond donors (Lipinski definition) is 3. The van der Waals surface area contributed by atoms with E-state index in [9.17, 15) is 13.2 Å². The van der Waals surface area contributed by atoms with Crippen LogP contribution in [0.2, 0.25) is 0 Å². The summed E-state index contributed by atoms with van der Waals surface area (Å²) in [5.41, 5.74) is 0. The lowest BCUT2D eigenvalue weighted by Gasteiger charge is -2.14. The molecule has 0 radical (unpaired) electrons. The quantitative estimate of drug-likeness (QED) is 0.656. The lowest BCUT2D eigenvalue weighted by Crippen LogP contribution is -2.44. The molecule has 1 unspecified atom stereocenters. The molecule has 0 spiro atoms. The van der Waals surface area contributed by atoms with E-state index in [0.717, 1.165) is 6.42 Å². The van der Waals surface area contributed by atoms with Crippen molar-refractivity contribution in [1.82, 2.24) is 15.0 Å². The van der Waals surface area contributed by atoms with Crippen LogP contribution < -0.4 is 15.4 Å². The molecule has 7 nitrogen and oxygen atoms in total. The molecule has 0 saturated heterocycles. The summed E-state index contributed by atoms with van der Waals surface area (Å²) in [6, 6.07) is 2.19. The number of rotatable bonds is 8. The van der Waals surface area contributed by atoms with Crippen LogP contribution in [0.3, 0.4) is 0 Å². The molecule has 1 amide bonds. The molecular formula is C13H22N4O3S. The first kappa shape index (κ1) is 17.4. The van der Waals surface area contributed by atoms with E-state index in [1.807, 2.05) is 13.8 Å². The maximum atomic E-state index is 12.1. The lowest BCUT2D eigenvalue weighted by atomic mass is 10.3. The van der Waals surface area contributed by atoms with Gasteiger partial charge in [0.2, 0.25) is 15.9 Å². The van der Waals surface area contributed by atoms with E-state index in [-0.39, 0.29) is 10.8 Å². The molecule has 118 valence electrons. The molecule has 8 heteroatoms. The van der Waals surface area contributed by atoms with Gasteiger partial charge in [-0.15, -0.1) is 0 Å². The number of carbonyl (C=O) groups is 1. The minimum atomic E-state index is -3.76. The van der Waals surface area contributed by atoms with Gasteiger partial charge in [0.1, 0.15) is 10.7 Å². The van der Waals surface area contributed by atoms with Gasteiger partial charge >= 0.3 is 0 Å². The van der Waals surface area contributed by atoms with Crippen LogP contribution in [0.5, 0.6) is 0 Å². The highest BCUT2D eigenvalue weighted by atomic mass is 32.2. The van der Waals surface area contributed by atoms with Gasteiger partial charge in [-0.1, -0.05) is 6.92 Å². The van der Waals surface area contributed by atoms with Crippen molar-refractivity contribution in [3.05, 3.63) is 18.3 Å². The Labute approximate surface area is 125 Å². The van der Waals surface area contributed by atoms with E-state index < -0.39 is 16.1 Å². The topological polar surface area (TPSA) is 100 Å². The van der Waals surface area contributed by atoms with Crippen LogP contribution in [0.4, 0.5) is 5.82 Å². The minimum Gasteiger partial charge on any atom is -0.370 e. The van der Waals surface area contributed by atoms with Gasteiger partial charge in [-0.2, -0.15) is 4.72 Å². The van der Waals surface area contributed by atoms with Crippen LogP contribution in [0.1, 0.15) is 27.2 Å². The third kappa shape index (κ3) is 5.31. The number of sulfonamides is 1. The van der Waals surface area contributed by atoms with Crippen molar-refractivity contribution < 1.29 is 13.2 Å². The predicted octanol–water partition coefficient (Wildman–Crippen LogP) is 0.706. The van der Waals surface area contributed by atoms with Crippen LogP contribution in [-0.4, -0.2) is 38.4 Å². The Kier molecular flexibility index (Phi) is 6.57. The summed E-state index contributed by atoms with van der Waals surface area (Å²) < 4.78 is 26.6. The average molecular weight is 314 g/mol. The van der Waals surface area contributed by atoms with Gasteiger partial charge in [-0.05, 0) is 32.4 Å². The molecule has 1 rings (SSSR count). The van der Waals surface area contributed by atoms with E-state index in [2.05, 4.69) is 20.3 Å². The fourth-order valence-corrected chi connectivity index (χ4v) is 2.73. The maximum absolute atomic E-state index is 12.1. The third-order valence-corrected chi connectivity index (χ3v) is 4.20. The number of pyridine rings is 1. The van der Waals surface area contributed by atoms with E-state index >= 15 is 0 Å². The van der Waals surface area contributed by atoms with Crippen molar-refractivity contribution in [2.75, 3.05) is 18.4 Å². The average Bonchev–Trinajstić information content (AvgIpc) is 2.45. The van der Waals surface area contributed by atoms with Crippen molar-refractivity contribution in [2.45, 2.75) is 38.1 Å². The zero-order valence-corrected chi connectivity index (χ0v) is 13.3. The van der Waals surface area contributed by atoms with Gasteiger partial charge < -0.3 is 10.6 Å². The number of nitrogens with zero attached hydrogens (tertiary/aromatic N) is 1. The number of anilines is 1. The molecule has 1 aromatic rings. The Morgan fingerprint density at radius 2 is 2.05 bits per heavy atom. The molecule has 0 bridgehead atoms. The molecule has 0 saturated carbocycles. The van der Waals surface area contributed by atoms with Crippen LogP contribution >= 0.6 is 0 Å². The summed E-state index contributed by atoms with van der Waals surface area (Å²) >= 11 is 0. The number of amides is 1. The monoisotopic (exact) mass is 314 g/mol. The summed E-state index contributed by atoms with van der Waals surface area (Å²) in [6.07, 6.45) is 2.05.